The molecule has 6 heterocycles. The molecule has 3 spiro atoms. The Balaban J connectivity index is 0.000000149. The molecule has 6 aliphatic rings. The van der Waals surface area contributed by atoms with Crippen LogP contribution in [0.25, 0.3) is 0 Å². The van der Waals surface area contributed by atoms with E-state index in [-0.39, 0.29) is 41.2 Å². The van der Waals surface area contributed by atoms with Gasteiger partial charge in [0.1, 0.15) is 70.1 Å². The van der Waals surface area contributed by atoms with Gasteiger partial charge in [0.25, 0.3) is 17.7 Å². The Morgan fingerprint density at radius 1 is 0.554 bits per heavy atom. The van der Waals surface area contributed by atoms with Crippen LogP contribution in [0.1, 0.15) is 183 Å². The number of fused-ring (bicyclic) bond motifs is 6. The number of nitrogen functional groups attached to an aromatic ring is 4. The zero-order chi connectivity index (χ0) is 65.4. The third-order valence-corrected chi connectivity index (χ3v) is 18.5. The van der Waals surface area contributed by atoms with Gasteiger partial charge in [-0.25, -0.2) is 29.9 Å². The Hall–Kier alpha value is -8.71. The van der Waals surface area contributed by atoms with Crippen molar-refractivity contribution in [2.45, 2.75) is 160 Å². The summed E-state index contributed by atoms with van der Waals surface area (Å²) in [6.07, 6.45) is 9.90. The van der Waals surface area contributed by atoms with E-state index in [0.29, 0.717) is 35.0 Å². The Morgan fingerprint density at radius 3 is 1.48 bits per heavy atom. The number of aryl methyl sites for hydroxylation is 3. The highest BCUT2D eigenvalue weighted by Gasteiger charge is 2.51. The maximum absolute atomic E-state index is 13.4. The predicted molar refractivity (Wildman–Crippen MR) is 343 cm³/mol. The largest absolute Gasteiger partial charge is 0.497 e. The molecular weight excluding hydrogens is 1240 g/mol. The molecular formula is C65H73Cl2F6N15O4. The molecule has 3 fully saturated rings. The summed E-state index contributed by atoms with van der Waals surface area (Å²) in [4.78, 5) is 62.4. The lowest BCUT2D eigenvalue weighted by Gasteiger charge is -2.42. The van der Waals surface area contributed by atoms with Crippen molar-refractivity contribution >= 4 is 87.9 Å². The Bertz CT molecular complexity index is 3910. The van der Waals surface area contributed by atoms with Gasteiger partial charge in [-0.3, -0.25) is 14.4 Å². The molecule has 12 N–H and O–H groups in total. The summed E-state index contributed by atoms with van der Waals surface area (Å²) >= 11 is 5.16. The van der Waals surface area contributed by atoms with E-state index in [1.807, 2.05) is 63.2 Å². The summed E-state index contributed by atoms with van der Waals surface area (Å²) in [7, 11) is 1.67. The molecule has 7 aromatic rings. The number of ether oxygens (including phenoxy) is 1. The van der Waals surface area contributed by atoms with Crippen LogP contribution in [-0.2, 0) is 35.5 Å². The standard InChI is InChI=1S/C22H26N2O2.C19H20F3N5O.C19H23N5O.C5H3ClF3N3.ClH/c1-15-12-17(23)13-19-20(15)21(25)24(22(19)10-4-3-5-11-22)14-16-6-8-18(26-2)9-7-16;1-10-7-11(26-16-14(19(20,21)22)15(23)24-9-25-16)8-12-13(10)17(28)27-18(12)5-3-2-4-6-18;1-11-8-13(23-17-12(2)16(20)21-10-22-17)9-14-15(11)18(25)24-19(14)6-4-3-5-7-19;6-3-2(5(7,8)9)4(10)12-1-11-3;/h6-9,12-13H,3-5,10-11,14,23H2,1-2H3;7-9H,2-6H2,1H3,(H,27,28)(H3,23,24,25,26);8-10H,3-7H2,1-2H3,(H,24,25)(H3,20,21,22,23);1H,(H2,10,11,12);1H. The highest BCUT2D eigenvalue weighted by Crippen LogP contribution is 2.52. The highest BCUT2D eigenvalue weighted by molar-refractivity contribution is 6.30. The van der Waals surface area contributed by atoms with E-state index >= 15 is 0 Å². The van der Waals surface area contributed by atoms with Crippen LogP contribution >= 0.6 is 24.0 Å². The van der Waals surface area contributed by atoms with Gasteiger partial charge in [0.2, 0.25) is 0 Å². The molecule has 0 unspecified atom stereocenters. The van der Waals surface area contributed by atoms with Crippen molar-refractivity contribution < 1.29 is 45.5 Å². The van der Waals surface area contributed by atoms with Crippen molar-refractivity contribution in [3.05, 3.63) is 157 Å². The van der Waals surface area contributed by atoms with Gasteiger partial charge in [-0.1, -0.05) is 81.5 Å². The average molecular weight is 1310 g/mol. The van der Waals surface area contributed by atoms with E-state index in [0.717, 1.165) is 163 Å². The monoisotopic (exact) mass is 1310 g/mol. The number of anilines is 8. The number of aromatic nitrogens is 6. The molecule has 0 bridgehead atoms. The number of carbonyl (C=O) groups excluding carboxylic acids is 3. The number of rotatable bonds is 7. The molecule has 3 amide bonds. The van der Waals surface area contributed by atoms with Crippen molar-refractivity contribution in [2.24, 2.45) is 0 Å². The number of nitrogens with zero attached hydrogens (tertiary/aromatic N) is 7. The Morgan fingerprint density at radius 2 is 1.00 bits per heavy atom. The Labute approximate surface area is 539 Å². The van der Waals surface area contributed by atoms with Crippen LogP contribution in [0.2, 0.25) is 5.15 Å². The summed E-state index contributed by atoms with van der Waals surface area (Å²) < 4.78 is 81.6. The lowest BCUT2D eigenvalue weighted by Crippen LogP contribution is -2.44. The minimum atomic E-state index is -4.69. The predicted octanol–water partition coefficient (Wildman–Crippen LogP) is 13.9. The van der Waals surface area contributed by atoms with Crippen LogP contribution < -0.4 is 48.9 Å². The molecule has 0 radical (unpaired) electrons. The fourth-order valence-electron chi connectivity index (χ4n) is 13.9. The minimum Gasteiger partial charge on any atom is -0.497 e. The summed E-state index contributed by atoms with van der Waals surface area (Å²) in [5.74, 6) is 0.376. The number of methoxy groups -OCH3 is 1. The van der Waals surface area contributed by atoms with Gasteiger partial charge in [0.15, 0.2) is 0 Å². The first-order valence-corrected chi connectivity index (χ1v) is 30.5. The number of hydrogen-bond acceptors (Lipinski definition) is 16. The van der Waals surface area contributed by atoms with E-state index in [2.05, 4.69) is 62.1 Å². The fraction of sp³-hybridized carbons (Fsp3) is 0.400. The zero-order valence-corrected chi connectivity index (χ0v) is 53.0. The first-order chi connectivity index (χ1) is 43.2. The lowest BCUT2D eigenvalue weighted by atomic mass is 9.76. The van der Waals surface area contributed by atoms with E-state index in [1.54, 1.807) is 26.2 Å². The minimum absolute atomic E-state index is 0. The lowest BCUT2D eigenvalue weighted by molar-refractivity contribution is -0.137. The molecule has 13 rings (SSSR count). The van der Waals surface area contributed by atoms with Crippen molar-refractivity contribution in [2.75, 3.05) is 40.7 Å². The van der Waals surface area contributed by atoms with Crippen LogP contribution in [0.4, 0.5) is 72.5 Å². The fourth-order valence-corrected chi connectivity index (χ4v) is 14.1. The van der Waals surface area contributed by atoms with Crippen molar-refractivity contribution in [3.63, 3.8) is 0 Å². The topological polar surface area (TPSA) is 293 Å². The molecule has 4 aromatic carbocycles. The van der Waals surface area contributed by atoms with E-state index in [1.165, 1.54) is 19.2 Å². The molecule has 92 heavy (non-hydrogen) atoms. The van der Waals surface area contributed by atoms with Crippen molar-refractivity contribution in [3.8, 4) is 5.75 Å². The van der Waals surface area contributed by atoms with Crippen molar-refractivity contribution in [1.29, 1.82) is 0 Å². The van der Waals surface area contributed by atoms with Crippen LogP contribution in [0.15, 0.2) is 79.6 Å². The van der Waals surface area contributed by atoms with E-state index in [9.17, 15) is 40.7 Å². The second-order valence-corrected chi connectivity index (χ2v) is 24.5. The van der Waals surface area contributed by atoms with Crippen LogP contribution in [-0.4, -0.2) is 59.6 Å². The second kappa shape index (κ2) is 26.9. The number of amides is 3. The van der Waals surface area contributed by atoms with Crippen LogP contribution in [0, 0.1) is 27.7 Å². The number of nitrogens with one attached hydrogen (secondary N) is 4. The SMILES string of the molecule is COc1ccc(CN2C(=O)c3c(C)cc(N)cc3C23CCCCC3)cc1.Cc1cc(Nc2ncnc(N)c2C(F)(F)F)cc2c1C(=O)NC21CCCCC1.Cc1cc(Nc2ncnc(N)c2C)cc2c1C(=O)NC21CCCCC1.Cl.Nc1ncnc(Cl)c1C(F)(F)F. The quantitative estimate of drug-likeness (QED) is 0.0418. The van der Waals surface area contributed by atoms with Crippen LogP contribution in [0.3, 0.4) is 0 Å². The summed E-state index contributed by atoms with van der Waals surface area (Å²) in [5, 5.41) is 11.8. The number of halogens is 8. The maximum Gasteiger partial charge on any atom is 0.423 e. The molecule has 3 aromatic heterocycles. The number of nitrogens with two attached hydrogens (primary N) is 4. The van der Waals surface area contributed by atoms with Gasteiger partial charge < -0.3 is 53.8 Å². The molecule has 0 atom stereocenters. The molecule has 19 nitrogen and oxygen atoms in total. The number of carbonyl (C=O) groups is 3. The summed E-state index contributed by atoms with van der Waals surface area (Å²) in [6.45, 7) is 8.29. The number of hydrogen-bond donors (Lipinski definition) is 8. The smallest absolute Gasteiger partial charge is 0.423 e. The normalized spacial score (nSPS) is 17.1. The maximum atomic E-state index is 13.4. The van der Waals surface area contributed by atoms with Gasteiger partial charge in [-0.05, 0) is 154 Å². The summed E-state index contributed by atoms with van der Waals surface area (Å²) in [5.41, 5.74) is 31.5. The molecule has 0 saturated heterocycles. The van der Waals surface area contributed by atoms with Crippen LogP contribution in [0.5, 0.6) is 5.75 Å². The van der Waals surface area contributed by atoms with Gasteiger partial charge in [-0.15, -0.1) is 12.4 Å². The van der Waals surface area contributed by atoms with Gasteiger partial charge in [0.05, 0.1) is 23.7 Å². The zero-order valence-electron chi connectivity index (χ0n) is 51.4. The molecule has 3 saturated carbocycles. The molecule has 3 aliphatic heterocycles. The van der Waals surface area contributed by atoms with Gasteiger partial charge in [-0.2, -0.15) is 26.3 Å². The highest BCUT2D eigenvalue weighted by atomic mass is 35.5. The molecule has 3 aliphatic carbocycles. The first-order valence-electron chi connectivity index (χ1n) is 30.1. The molecule has 488 valence electrons. The Kier molecular flexibility index (Phi) is 19.8. The first kappa shape index (κ1) is 67.7. The summed E-state index contributed by atoms with van der Waals surface area (Å²) in [6, 6.07) is 19.5. The van der Waals surface area contributed by atoms with E-state index in [4.69, 9.17) is 39.3 Å². The van der Waals surface area contributed by atoms with E-state index < -0.39 is 51.6 Å². The van der Waals surface area contributed by atoms with Gasteiger partial charge >= 0.3 is 12.4 Å². The number of alkyl halides is 6. The third kappa shape index (κ3) is 13.5. The third-order valence-electron chi connectivity index (χ3n) is 18.2. The average Bonchev–Trinajstić information content (AvgIpc) is 1.56. The molecule has 27 heteroatoms. The number of benzene rings is 4. The van der Waals surface area contributed by atoms with Crippen molar-refractivity contribution in [1.82, 2.24) is 45.4 Å². The second-order valence-electron chi connectivity index (χ2n) is 24.1. The van der Waals surface area contributed by atoms with Gasteiger partial charge in [0, 0.05) is 45.9 Å².